The van der Waals surface area contributed by atoms with Crippen LogP contribution < -0.4 is 5.32 Å². The van der Waals surface area contributed by atoms with Crippen LogP contribution in [0, 0.1) is 5.92 Å². The van der Waals surface area contributed by atoms with Gasteiger partial charge in [-0.1, -0.05) is 0 Å². The maximum absolute atomic E-state index is 13.5. The number of piperidine rings is 1. The summed E-state index contributed by atoms with van der Waals surface area (Å²) in [5, 5.41) is 12.1. The van der Waals surface area contributed by atoms with E-state index in [0.29, 0.717) is 12.8 Å². The van der Waals surface area contributed by atoms with Crippen molar-refractivity contribution in [1.29, 1.82) is 0 Å². The van der Waals surface area contributed by atoms with Gasteiger partial charge in [0.05, 0.1) is 0 Å². The van der Waals surface area contributed by atoms with E-state index in [9.17, 15) is 9.18 Å². The molecule has 1 aliphatic rings. The van der Waals surface area contributed by atoms with Crippen molar-refractivity contribution < 1.29 is 14.3 Å². The smallest absolute Gasteiger partial charge is 0.338 e. The molecule has 1 heterocycles. The number of carboxylic acids is 1. The van der Waals surface area contributed by atoms with Crippen LogP contribution >= 0.6 is 0 Å². The highest BCUT2D eigenvalue weighted by Gasteiger charge is 2.42. The number of aliphatic carboxylic acids is 1. The summed E-state index contributed by atoms with van der Waals surface area (Å²) in [5.41, 5.74) is -0.404. The van der Waals surface area contributed by atoms with E-state index in [2.05, 4.69) is 5.32 Å². The van der Waals surface area contributed by atoms with Crippen LogP contribution in [0.25, 0.3) is 0 Å². The molecule has 15 heavy (non-hydrogen) atoms. The van der Waals surface area contributed by atoms with Crippen molar-refractivity contribution in [3.63, 3.8) is 0 Å². The summed E-state index contributed by atoms with van der Waals surface area (Å²) >= 11 is 0. The van der Waals surface area contributed by atoms with Gasteiger partial charge in [-0.2, -0.15) is 0 Å². The second kappa shape index (κ2) is 3.74. The van der Waals surface area contributed by atoms with E-state index >= 15 is 0 Å². The minimum absolute atomic E-state index is 0.202. The summed E-state index contributed by atoms with van der Waals surface area (Å²) in [6, 6.07) is 0. The first-order chi connectivity index (χ1) is 6.63. The molecule has 1 rings (SSSR count). The lowest BCUT2D eigenvalue weighted by Gasteiger charge is -2.46. The first-order valence-corrected chi connectivity index (χ1v) is 5.29. The molecule has 2 N–H and O–H groups in total. The molecular weight excluding hydrogens is 197 g/mol. The Bertz CT molecular complexity index is 247. The highest BCUT2D eigenvalue weighted by Crippen LogP contribution is 2.35. The van der Waals surface area contributed by atoms with E-state index in [0.717, 1.165) is 0 Å². The van der Waals surface area contributed by atoms with Gasteiger partial charge in [-0.3, -0.25) is 0 Å². The Kier molecular flexibility index (Phi) is 3.10. The van der Waals surface area contributed by atoms with Crippen LogP contribution in [0.15, 0.2) is 0 Å². The summed E-state index contributed by atoms with van der Waals surface area (Å²) in [6.45, 7) is 7.93. The zero-order valence-electron chi connectivity index (χ0n) is 9.80. The molecule has 0 aliphatic carbocycles. The number of hydrogen-bond acceptors (Lipinski definition) is 2. The molecule has 1 atom stereocenters. The van der Waals surface area contributed by atoms with Gasteiger partial charge < -0.3 is 10.4 Å². The molecule has 0 radical (unpaired) electrons. The molecular formula is C11H20FNO2. The molecule has 0 aromatic rings. The second-order valence-corrected chi connectivity index (χ2v) is 5.80. The van der Waals surface area contributed by atoms with Crippen molar-refractivity contribution in [3.8, 4) is 0 Å². The van der Waals surface area contributed by atoms with Gasteiger partial charge >= 0.3 is 5.97 Å². The maximum atomic E-state index is 13.5. The van der Waals surface area contributed by atoms with E-state index in [-0.39, 0.29) is 11.1 Å². The molecule has 1 aliphatic heterocycles. The van der Waals surface area contributed by atoms with Crippen molar-refractivity contribution in [2.24, 2.45) is 5.92 Å². The number of rotatable bonds is 2. The van der Waals surface area contributed by atoms with Crippen molar-refractivity contribution in [1.82, 2.24) is 5.32 Å². The summed E-state index contributed by atoms with van der Waals surface area (Å²) in [4.78, 5) is 10.6. The van der Waals surface area contributed by atoms with E-state index < -0.39 is 18.1 Å². The molecule has 88 valence electrons. The number of nitrogens with one attached hydrogen (secondary N) is 1. The fourth-order valence-corrected chi connectivity index (χ4v) is 2.81. The third-order valence-electron chi connectivity index (χ3n) is 2.87. The van der Waals surface area contributed by atoms with Gasteiger partial charge in [-0.25, -0.2) is 9.18 Å². The Hall–Kier alpha value is -0.640. The molecule has 1 saturated heterocycles. The first-order valence-electron chi connectivity index (χ1n) is 5.29. The number of hydrogen-bond donors (Lipinski definition) is 2. The zero-order chi connectivity index (χ0) is 11.9. The molecule has 0 aromatic carbocycles. The van der Waals surface area contributed by atoms with Crippen molar-refractivity contribution in [3.05, 3.63) is 0 Å². The molecule has 0 saturated carbocycles. The quantitative estimate of drug-likeness (QED) is 0.743. The molecule has 0 amide bonds. The summed E-state index contributed by atoms with van der Waals surface area (Å²) in [7, 11) is 0. The number of alkyl halides is 1. The van der Waals surface area contributed by atoms with Crippen molar-refractivity contribution in [2.45, 2.75) is 57.8 Å². The molecule has 4 heteroatoms. The topological polar surface area (TPSA) is 49.3 Å². The van der Waals surface area contributed by atoms with Gasteiger partial charge in [0.15, 0.2) is 6.17 Å². The molecule has 3 nitrogen and oxygen atoms in total. The van der Waals surface area contributed by atoms with Crippen LogP contribution in [0.4, 0.5) is 4.39 Å². The number of carboxylic acid groups (broad SMARTS) is 1. The van der Waals surface area contributed by atoms with Gasteiger partial charge in [0, 0.05) is 17.0 Å². The molecule has 1 unspecified atom stereocenters. The number of halogens is 1. The van der Waals surface area contributed by atoms with E-state index in [1.54, 1.807) is 0 Å². The van der Waals surface area contributed by atoms with Gasteiger partial charge in [0.1, 0.15) is 0 Å². The minimum Gasteiger partial charge on any atom is -0.479 e. The predicted molar refractivity (Wildman–Crippen MR) is 56.5 cm³/mol. The van der Waals surface area contributed by atoms with Crippen LogP contribution in [0.3, 0.4) is 0 Å². The fraction of sp³-hybridized carbons (Fsp3) is 0.909. The lowest BCUT2D eigenvalue weighted by Crippen LogP contribution is -2.59. The Morgan fingerprint density at radius 1 is 1.33 bits per heavy atom. The monoisotopic (exact) mass is 217 g/mol. The second-order valence-electron chi connectivity index (χ2n) is 5.80. The summed E-state index contributed by atoms with van der Waals surface area (Å²) in [6.07, 6.45) is -0.626. The molecule has 1 fully saturated rings. The van der Waals surface area contributed by atoms with Crippen LogP contribution in [-0.4, -0.2) is 28.3 Å². The third-order valence-corrected chi connectivity index (χ3v) is 2.87. The van der Waals surface area contributed by atoms with E-state index in [1.165, 1.54) is 0 Å². The average Bonchev–Trinajstić information content (AvgIpc) is 1.96. The summed E-state index contributed by atoms with van der Waals surface area (Å²) in [5.74, 6) is -1.73. The normalized spacial score (nSPS) is 27.3. The van der Waals surface area contributed by atoms with Crippen LogP contribution in [0.2, 0.25) is 0 Å². The summed E-state index contributed by atoms with van der Waals surface area (Å²) < 4.78 is 13.5. The Morgan fingerprint density at radius 3 is 2.07 bits per heavy atom. The Morgan fingerprint density at radius 2 is 1.73 bits per heavy atom. The standard InChI is InChI=1S/C11H20FNO2/c1-10(2)5-7(8(12)9(14)15)6-11(3,4)13-10/h7-8,13H,5-6H2,1-4H3,(H,14,15). The highest BCUT2D eigenvalue weighted by atomic mass is 19.1. The molecule has 0 bridgehead atoms. The van der Waals surface area contributed by atoms with Crippen LogP contribution in [-0.2, 0) is 4.79 Å². The number of carbonyl (C=O) groups is 1. The zero-order valence-corrected chi connectivity index (χ0v) is 9.80. The van der Waals surface area contributed by atoms with Gasteiger partial charge in [0.25, 0.3) is 0 Å². The Labute approximate surface area is 90.1 Å². The molecule has 0 aromatic heterocycles. The van der Waals surface area contributed by atoms with Gasteiger partial charge in [-0.05, 0) is 40.5 Å². The maximum Gasteiger partial charge on any atom is 0.338 e. The SMILES string of the molecule is CC1(C)CC(C(F)C(=O)O)CC(C)(C)N1. The van der Waals surface area contributed by atoms with Gasteiger partial charge in [0.2, 0.25) is 0 Å². The fourth-order valence-electron chi connectivity index (χ4n) is 2.81. The van der Waals surface area contributed by atoms with E-state index in [4.69, 9.17) is 5.11 Å². The largest absolute Gasteiger partial charge is 0.479 e. The lowest BCUT2D eigenvalue weighted by atomic mass is 9.74. The third kappa shape index (κ3) is 3.16. The van der Waals surface area contributed by atoms with Crippen molar-refractivity contribution in [2.75, 3.05) is 0 Å². The average molecular weight is 217 g/mol. The van der Waals surface area contributed by atoms with Crippen LogP contribution in [0.1, 0.15) is 40.5 Å². The van der Waals surface area contributed by atoms with Gasteiger partial charge in [-0.15, -0.1) is 0 Å². The van der Waals surface area contributed by atoms with Crippen molar-refractivity contribution >= 4 is 5.97 Å². The molecule has 0 spiro atoms. The first kappa shape index (κ1) is 12.4. The lowest BCUT2D eigenvalue weighted by molar-refractivity contribution is -0.146. The Balaban J connectivity index is 2.79. The highest BCUT2D eigenvalue weighted by molar-refractivity contribution is 5.72. The predicted octanol–water partition coefficient (Wildman–Crippen LogP) is 1.97. The van der Waals surface area contributed by atoms with Crippen LogP contribution in [0.5, 0.6) is 0 Å². The van der Waals surface area contributed by atoms with E-state index in [1.807, 2.05) is 27.7 Å². The minimum atomic E-state index is -1.74.